The van der Waals surface area contributed by atoms with Crippen LogP contribution in [0.25, 0.3) is 0 Å². The number of carboxylic acids is 1. The summed E-state index contributed by atoms with van der Waals surface area (Å²) >= 11 is 0. The number of amides is 6. The number of nitrogens with two attached hydrogens (primary N) is 2. The zero-order valence-electron chi connectivity index (χ0n) is 36.6. The molecule has 67 heavy (non-hydrogen) atoms. The number of rotatable bonds is 19. The molecule has 360 valence electrons. The lowest BCUT2D eigenvalue weighted by molar-refractivity contribution is -0.141. The van der Waals surface area contributed by atoms with Crippen LogP contribution in [0.1, 0.15) is 61.0 Å². The van der Waals surface area contributed by atoms with E-state index >= 15 is 0 Å². The molecule has 2 aromatic carbocycles. The maximum absolute atomic E-state index is 13.8. The molecular formula is C42H54N12O12S. The molecule has 2 unspecified atom stereocenters. The highest BCUT2D eigenvalue weighted by Crippen LogP contribution is 2.18. The monoisotopic (exact) mass is 950 g/mol. The van der Waals surface area contributed by atoms with Crippen molar-refractivity contribution >= 4 is 63.3 Å². The number of nitrogens with one attached hydrogen (secondary N) is 6. The molecule has 24 nitrogen and oxygen atoms in total. The Labute approximate surface area is 385 Å². The number of pyridine rings is 1. The van der Waals surface area contributed by atoms with Crippen molar-refractivity contribution in [3.63, 3.8) is 0 Å². The van der Waals surface area contributed by atoms with Crippen molar-refractivity contribution in [2.75, 3.05) is 26.2 Å². The Morgan fingerprint density at radius 3 is 2.24 bits per heavy atom. The molecule has 1 saturated heterocycles. The van der Waals surface area contributed by atoms with Gasteiger partial charge in [-0.3, -0.25) is 43.1 Å². The third-order valence-electron chi connectivity index (χ3n) is 9.83. The summed E-state index contributed by atoms with van der Waals surface area (Å²) < 4.78 is 38.4. The third kappa shape index (κ3) is 17.4. The second-order valence-corrected chi connectivity index (χ2v) is 16.8. The Hall–Kier alpha value is -7.54. The molecule has 0 radical (unpaired) electrons. The van der Waals surface area contributed by atoms with Crippen LogP contribution in [0, 0.1) is 5.92 Å². The summed E-state index contributed by atoms with van der Waals surface area (Å²) in [4.78, 5) is 99.1. The van der Waals surface area contributed by atoms with Crippen LogP contribution in [0.5, 0.6) is 5.75 Å². The molecule has 0 aliphatic carbocycles. The number of benzene rings is 2. The number of aromatic nitrogens is 1. The molecule has 0 bridgehead atoms. The van der Waals surface area contributed by atoms with E-state index in [0.29, 0.717) is 17.7 Å². The molecule has 2 heterocycles. The summed E-state index contributed by atoms with van der Waals surface area (Å²) in [6, 6.07) is 9.87. The average molecular weight is 951 g/mol. The highest BCUT2D eigenvalue weighted by molar-refractivity contribution is 7.85. The third-order valence-corrected chi connectivity index (χ3v) is 10.8. The number of hydrogen-bond acceptors (Lipinski definition) is 14. The normalized spacial score (nSPS) is 18.6. The van der Waals surface area contributed by atoms with Crippen molar-refractivity contribution < 1.29 is 56.4 Å². The minimum atomic E-state index is -4.43. The zero-order valence-corrected chi connectivity index (χ0v) is 37.5. The molecule has 0 spiro atoms. The topological polar surface area (TPSA) is 378 Å². The second-order valence-electron chi connectivity index (χ2n) is 15.4. The van der Waals surface area contributed by atoms with E-state index in [9.17, 15) is 51.6 Å². The van der Waals surface area contributed by atoms with E-state index in [0.717, 1.165) is 0 Å². The lowest BCUT2D eigenvalue weighted by Gasteiger charge is -2.27. The van der Waals surface area contributed by atoms with Crippen molar-refractivity contribution in [2.24, 2.45) is 32.6 Å². The number of ether oxygens (including phenoxy) is 1. The first-order chi connectivity index (χ1) is 31.8. The fourth-order valence-corrected chi connectivity index (χ4v) is 7.11. The van der Waals surface area contributed by atoms with Gasteiger partial charge in [-0.2, -0.15) is 13.5 Å². The number of carboxylic acid groups (broad SMARTS) is 1. The van der Waals surface area contributed by atoms with Gasteiger partial charge < -0.3 is 53.2 Å². The van der Waals surface area contributed by atoms with Crippen molar-refractivity contribution in [1.82, 2.24) is 36.9 Å². The number of carbonyl (C=O) groups excluding carboxylic acids is 6. The highest BCUT2D eigenvalue weighted by Gasteiger charge is 2.34. The summed E-state index contributed by atoms with van der Waals surface area (Å²) in [5, 5.41) is 32.6. The number of azo groups is 1. The first-order valence-electron chi connectivity index (χ1n) is 20.9. The number of hydrogen-bond donors (Lipinski definition) is 10. The predicted octanol–water partition coefficient (Wildman–Crippen LogP) is -0.393. The van der Waals surface area contributed by atoms with Crippen LogP contribution in [0.3, 0.4) is 0 Å². The van der Waals surface area contributed by atoms with E-state index < -0.39 is 94.6 Å². The van der Waals surface area contributed by atoms with E-state index in [1.165, 1.54) is 36.5 Å². The van der Waals surface area contributed by atoms with Crippen molar-refractivity contribution in [1.29, 1.82) is 0 Å². The van der Waals surface area contributed by atoms with E-state index in [4.69, 9.17) is 16.2 Å². The number of nitrogens with zero attached hydrogens (tertiary/aromatic N) is 4. The van der Waals surface area contributed by atoms with Gasteiger partial charge in [0.05, 0.1) is 36.6 Å². The van der Waals surface area contributed by atoms with Gasteiger partial charge in [0, 0.05) is 25.7 Å². The lowest BCUT2D eigenvalue weighted by Crippen LogP contribution is -2.59. The van der Waals surface area contributed by atoms with Crippen molar-refractivity contribution in [3.8, 4) is 5.75 Å². The fourth-order valence-electron chi connectivity index (χ4n) is 6.40. The SMILES string of the molecule is CC(C)[C@H]1NC(=O)C(CCCN=C(N)N)NC(=O)CNC(=O)[C@@H](CC(=O)O)NC(=O)C(Cc2ccc(OCCCNC(=O)c3ccc(N=NCc4ccccc4S(=O)(=O)O)nc3)cc2)NC1=O. The van der Waals surface area contributed by atoms with Crippen LogP contribution in [-0.2, 0) is 51.9 Å². The molecule has 4 rings (SSSR count). The summed E-state index contributed by atoms with van der Waals surface area (Å²) in [6.07, 6.45) is 1.03. The minimum absolute atomic E-state index is 0.0472. The van der Waals surface area contributed by atoms with E-state index in [1.54, 1.807) is 44.2 Å². The molecule has 6 amide bonds. The summed E-state index contributed by atoms with van der Waals surface area (Å²) in [6.45, 7) is 3.11. The maximum atomic E-state index is 13.8. The van der Waals surface area contributed by atoms with Crippen LogP contribution in [-0.4, -0.2) is 121 Å². The number of aliphatic imine (C=N–C) groups is 1. The van der Waals surface area contributed by atoms with Crippen molar-refractivity contribution in [2.45, 2.75) is 81.6 Å². The standard InChI is InChI=1S/C42H54N12O12S/c1-24(2)36-41(62)52-30(40(61)51-31(20-35(56)57)38(59)48-23-34(55)50-29(39(60)53-36)8-5-16-46-42(43)44)19-25-10-13-28(14-11-25)66-18-6-17-45-37(58)27-12-15-33(47-21-27)54-49-22-26-7-3-4-9-32(26)67(63,64)65/h3-4,7,9-15,21,24,29-31,36H,5-6,8,16-20,22-23H2,1-2H3,(H,45,58)(H,48,59)(H,50,55)(H,51,61)(H,52,62)(H,53,60)(H,56,57)(H4,43,44,46)(H,63,64,65)/t29?,30?,31-,36-/m1/s1. The van der Waals surface area contributed by atoms with Crippen LogP contribution in [0.15, 0.2) is 87.0 Å². The molecule has 12 N–H and O–H groups in total. The molecule has 25 heteroatoms. The van der Waals surface area contributed by atoms with Crippen LogP contribution in [0.4, 0.5) is 5.82 Å². The summed E-state index contributed by atoms with van der Waals surface area (Å²) in [7, 11) is -4.43. The lowest BCUT2D eigenvalue weighted by atomic mass is 9.99. The molecule has 1 aliphatic rings. The van der Waals surface area contributed by atoms with E-state index in [-0.39, 0.29) is 73.3 Å². The Morgan fingerprint density at radius 2 is 1.58 bits per heavy atom. The molecule has 3 aromatic rings. The largest absolute Gasteiger partial charge is 0.494 e. The Morgan fingerprint density at radius 1 is 0.881 bits per heavy atom. The Kier molecular flexibility index (Phi) is 19.6. The number of aliphatic carboxylic acids is 1. The molecule has 0 saturated carbocycles. The Balaban J connectivity index is 1.36. The van der Waals surface area contributed by atoms with Crippen LogP contribution < -0.4 is 48.1 Å². The average Bonchev–Trinajstić information content (AvgIpc) is 3.27. The molecule has 1 fully saturated rings. The first-order valence-corrected chi connectivity index (χ1v) is 22.4. The van der Waals surface area contributed by atoms with Gasteiger partial charge in [0.25, 0.3) is 16.0 Å². The second kappa shape index (κ2) is 25.2. The predicted molar refractivity (Wildman–Crippen MR) is 239 cm³/mol. The quantitative estimate of drug-likeness (QED) is 0.0240. The number of carbonyl (C=O) groups is 7. The fraction of sp³-hybridized carbons (Fsp3) is 0.405. The maximum Gasteiger partial charge on any atom is 0.305 e. The van der Waals surface area contributed by atoms with Crippen molar-refractivity contribution in [3.05, 3.63) is 83.6 Å². The molecular weight excluding hydrogens is 897 g/mol. The van der Waals surface area contributed by atoms with Gasteiger partial charge in [0.15, 0.2) is 11.8 Å². The van der Waals surface area contributed by atoms with Gasteiger partial charge >= 0.3 is 5.97 Å². The minimum Gasteiger partial charge on any atom is -0.494 e. The van der Waals surface area contributed by atoms with Gasteiger partial charge in [-0.15, -0.1) is 5.11 Å². The molecule has 4 atom stereocenters. The summed E-state index contributed by atoms with van der Waals surface area (Å²) in [5.74, 6) is -6.07. The molecule has 1 aliphatic heterocycles. The smallest absolute Gasteiger partial charge is 0.305 e. The van der Waals surface area contributed by atoms with Gasteiger partial charge in [-0.1, -0.05) is 44.2 Å². The number of guanidine groups is 1. The highest BCUT2D eigenvalue weighted by atomic mass is 32.2. The van der Waals surface area contributed by atoms with Gasteiger partial charge in [0.2, 0.25) is 29.5 Å². The van der Waals surface area contributed by atoms with Crippen LogP contribution in [0.2, 0.25) is 0 Å². The zero-order chi connectivity index (χ0) is 49.1. The molecule has 1 aromatic heterocycles. The van der Waals surface area contributed by atoms with E-state index in [1.807, 2.05) is 0 Å². The summed E-state index contributed by atoms with van der Waals surface area (Å²) in [5.41, 5.74) is 11.8. The van der Waals surface area contributed by atoms with E-state index in [2.05, 4.69) is 52.1 Å². The van der Waals surface area contributed by atoms with Gasteiger partial charge in [0.1, 0.15) is 29.9 Å². The van der Waals surface area contributed by atoms with Gasteiger partial charge in [-0.25, -0.2) is 4.98 Å². The van der Waals surface area contributed by atoms with Gasteiger partial charge in [-0.05, 0) is 66.6 Å². The van der Waals surface area contributed by atoms with Crippen LogP contribution >= 0.6 is 0 Å². The Bertz CT molecular complexity index is 2410. The first kappa shape index (κ1) is 52.1.